The van der Waals surface area contributed by atoms with Gasteiger partial charge in [-0.25, -0.2) is 10.4 Å². The lowest BCUT2D eigenvalue weighted by molar-refractivity contribution is 0.572. The van der Waals surface area contributed by atoms with Crippen molar-refractivity contribution in [2.75, 3.05) is 7.05 Å². The lowest BCUT2D eigenvalue weighted by atomic mass is 10.4. The van der Waals surface area contributed by atoms with Crippen LogP contribution in [0.25, 0.3) is 0 Å². The van der Waals surface area contributed by atoms with Gasteiger partial charge in [-0.15, -0.1) is 0 Å². The molecule has 1 unspecified atom stereocenters. The van der Waals surface area contributed by atoms with Crippen molar-refractivity contribution in [1.82, 2.24) is 5.32 Å². The van der Waals surface area contributed by atoms with Gasteiger partial charge in [-0.2, -0.15) is 0 Å². The first-order valence-corrected chi connectivity index (χ1v) is 2.64. The van der Waals surface area contributed by atoms with Crippen LogP contribution in [0.15, 0.2) is 4.99 Å². The molecule has 3 heteroatoms. The molecule has 1 atom stereocenters. The highest BCUT2D eigenvalue weighted by Gasteiger charge is 1.93. The van der Waals surface area contributed by atoms with E-state index in [-0.39, 0.29) is 6.17 Å². The van der Waals surface area contributed by atoms with Gasteiger partial charge in [0.15, 0.2) is 0 Å². The molecule has 2 N–H and O–H groups in total. The summed E-state index contributed by atoms with van der Waals surface area (Å²) in [4.78, 5) is 3.67. The van der Waals surface area contributed by atoms with Crippen molar-refractivity contribution in [3.8, 4) is 0 Å². The van der Waals surface area contributed by atoms with E-state index in [0.717, 1.165) is 6.42 Å². The van der Waals surface area contributed by atoms with Crippen LogP contribution >= 0.6 is 0 Å². The fourth-order valence-corrected chi connectivity index (χ4v) is 0.438. The maximum absolute atomic E-state index is 6.48. The third kappa shape index (κ3) is 2.50. The van der Waals surface area contributed by atoms with Crippen LogP contribution in [-0.4, -0.2) is 19.2 Å². The first-order chi connectivity index (χ1) is 3.85. The minimum Gasteiger partial charge on any atom is -0.298 e. The number of hydrogen-bond acceptors (Lipinski definition) is 3. The van der Waals surface area contributed by atoms with Gasteiger partial charge >= 0.3 is 0 Å². The van der Waals surface area contributed by atoms with Crippen LogP contribution in [0.2, 0.25) is 0 Å². The van der Waals surface area contributed by atoms with Crippen molar-refractivity contribution in [2.24, 2.45) is 4.99 Å². The zero-order chi connectivity index (χ0) is 6.41. The van der Waals surface area contributed by atoms with E-state index in [4.69, 9.17) is 5.41 Å². The SMILES string of the molecule is CCC(N=C=N)NC. The Labute approximate surface area is 49.3 Å². The van der Waals surface area contributed by atoms with Crippen LogP contribution in [0.1, 0.15) is 13.3 Å². The second kappa shape index (κ2) is 4.50. The van der Waals surface area contributed by atoms with E-state index >= 15 is 0 Å². The highest BCUT2D eigenvalue weighted by molar-refractivity contribution is 5.36. The fourth-order valence-electron chi connectivity index (χ4n) is 0.438. The van der Waals surface area contributed by atoms with Gasteiger partial charge in [-0.3, -0.25) is 5.32 Å². The standard InChI is InChI=1S/C5H11N3/c1-3-5(7-2)8-4-6/h5-7H,3H2,1-2H3. The molecule has 0 radical (unpaired) electrons. The molecule has 0 saturated heterocycles. The third-order valence-corrected chi connectivity index (χ3v) is 0.940. The Morgan fingerprint density at radius 1 is 1.88 bits per heavy atom. The quantitative estimate of drug-likeness (QED) is 0.520. The van der Waals surface area contributed by atoms with Crippen molar-refractivity contribution < 1.29 is 0 Å². The molecule has 0 aliphatic rings. The van der Waals surface area contributed by atoms with Gasteiger partial charge in [0.25, 0.3) is 0 Å². The Morgan fingerprint density at radius 3 is 2.62 bits per heavy atom. The Bertz CT molecular complexity index is 89.8. The Morgan fingerprint density at radius 2 is 2.50 bits per heavy atom. The molecule has 0 spiro atoms. The van der Waals surface area contributed by atoms with Gasteiger partial charge < -0.3 is 0 Å². The smallest absolute Gasteiger partial charge is 0.110 e. The minimum absolute atomic E-state index is 0.0764. The van der Waals surface area contributed by atoms with E-state index in [1.807, 2.05) is 20.0 Å². The van der Waals surface area contributed by atoms with Crippen molar-refractivity contribution in [1.29, 1.82) is 5.41 Å². The topological polar surface area (TPSA) is 48.2 Å². The summed E-state index contributed by atoms with van der Waals surface area (Å²) in [5, 5.41) is 9.39. The highest BCUT2D eigenvalue weighted by Crippen LogP contribution is 1.87. The van der Waals surface area contributed by atoms with E-state index in [2.05, 4.69) is 10.3 Å². The van der Waals surface area contributed by atoms with Crippen molar-refractivity contribution in [2.45, 2.75) is 19.5 Å². The molecule has 0 aromatic heterocycles. The molecular formula is C5H11N3. The van der Waals surface area contributed by atoms with E-state index in [1.165, 1.54) is 0 Å². The van der Waals surface area contributed by atoms with Gasteiger partial charge in [0.2, 0.25) is 0 Å². The zero-order valence-corrected chi connectivity index (χ0v) is 5.23. The van der Waals surface area contributed by atoms with E-state index in [1.54, 1.807) is 0 Å². The number of nitrogens with one attached hydrogen (secondary N) is 2. The van der Waals surface area contributed by atoms with Crippen molar-refractivity contribution in [3.63, 3.8) is 0 Å². The second-order valence-electron chi connectivity index (χ2n) is 1.45. The van der Waals surface area contributed by atoms with Gasteiger partial charge in [0, 0.05) is 0 Å². The Balaban J connectivity index is 3.52. The summed E-state index contributed by atoms with van der Waals surface area (Å²) in [5.74, 6) is 0. The molecule has 0 aliphatic heterocycles. The predicted octanol–water partition coefficient (Wildman–Crippen LogP) is 0.695. The van der Waals surface area contributed by atoms with Crippen LogP contribution < -0.4 is 5.32 Å². The average molecular weight is 113 g/mol. The predicted molar refractivity (Wildman–Crippen MR) is 33.3 cm³/mol. The molecule has 46 valence electrons. The molecular weight excluding hydrogens is 102 g/mol. The maximum Gasteiger partial charge on any atom is 0.110 e. The molecule has 0 aliphatic carbocycles. The molecule has 0 rings (SSSR count). The van der Waals surface area contributed by atoms with Gasteiger partial charge in [-0.1, -0.05) is 6.92 Å². The van der Waals surface area contributed by atoms with Crippen LogP contribution in [0.5, 0.6) is 0 Å². The minimum atomic E-state index is 0.0764. The Hall–Kier alpha value is -0.660. The van der Waals surface area contributed by atoms with Gasteiger partial charge in [0.1, 0.15) is 6.17 Å². The first kappa shape index (κ1) is 7.34. The summed E-state index contributed by atoms with van der Waals surface area (Å²) < 4.78 is 0. The third-order valence-electron chi connectivity index (χ3n) is 0.940. The summed E-state index contributed by atoms with van der Waals surface area (Å²) in [5.41, 5.74) is 0. The monoisotopic (exact) mass is 113 g/mol. The molecule has 8 heavy (non-hydrogen) atoms. The van der Waals surface area contributed by atoms with Crippen molar-refractivity contribution in [3.05, 3.63) is 0 Å². The molecule has 0 saturated carbocycles. The number of nitrogens with zero attached hydrogens (tertiary/aromatic N) is 1. The van der Waals surface area contributed by atoms with E-state index < -0.39 is 0 Å². The van der Waals surface area contributed by atoms with Crippen LogP contribution in [-0.2, 0) is 0 Å². The van der Waals surface area contributed by atoms with Crippen LogP contribution in [0.3, 0.4) is 0 Å². The fraction of sp³-hybridized carbons (Fsp3) is 0.800. The molecule has 0 fully saturated rings. The molecule has 0 bridgehead atoms. The lowest BCUT2D eigenvalue weighted by Gasteiger charge is -2.02. The van der Waals surface area contributed by atoms with Gasteiger partial charge in [-0.05, 0) is 13.5 Å². The zero-order valence-electron chi connectivity index (χ0n) is 5.23. The summed E-state index contributed by atoms with van der Waals surface area (Å²) in [6, 6.07) is 1.98. The second-order valence-corrected chi connectivity index (χ2v) is 1.45. The Kier molecular flexibility index (Phi) is 4.13. The van der Waals surface area contributed by atoms with E-state index in [0.29, 0.717) is 0 Å². The summed E-state index contributed by atoms with van der Waals surface area (Å²) in [7, 11) is 1.81. The molecule has 0 aromatic carbocycles. The first-order valence-electron chi connectivity index (χ1n) is 2.64. The summed E-state index contributed by atoms with van der Waals surface area (Å²) in [6.45, 7) is 2.00. The number of aliphatic imine (C=N–C) groups is 1. The van der Waals surface area contributed by atoms with Gasteiger partial charge in [0.05, 0.1) is 6.01 Å². The number of hydrogen-bond donors (Lipinski definition) is 2. The number of rotatable bonds is 3. The average Bonchev–Trinajstić information content (AvgIpc) is 1.83. The normalized spacial score (nSPS) is 12.2. The summed E-state index contributed by atoms with van der Waals surface area (Å²) >= 11 is 0. The maximum atomic E-state index is 6.48. The largest absolute Gasteiger partial charge is 0.298 e. The van der Waals surface area contributed by atoms with Crippen LogP contribution in [0, 0.1) is 5.41 Å². The van der Waals surface area contributed by atoms with E-state index in [9.17, 15) is 0 Å². The molecule has 0 heterocycles. The molecule has 0 amide bonds. The summed E-state index contributed by atoms with van der Waals surface area (Å²) in [6.07, 6.45) is 0.982. The molecule has 0 aromatic rings. The van der Waals surface area contributed by atoms with Crippen molar-refractivity contribution >= 4 is 6.01 Å². The highest BCUT2D eigenvalue weighted by atomic mass is 15.0. The lowest BCUT2D eigenvalue weighted by Crippen LogP contribution is -2.20. The van der Waals surface area contributed by atoms with Crippen LogP contribution in [0.4, 0.5) is 0 Å². The molecule has 3 nitrogen and oxygen atoms in total.